The van der Waals surface area contributed by atoms with Gasteiger partial charge in [-0.3, -0.25) is 4.79 Å². The summed E-state index contributed by atoms with van der Waals surface area (Å²) < 4.78 is 16.5. The molecule has 2 N–H and O–H groups in total. The van der Waals surface area contributed by atoms with Gasteiger partial charge in [-0.1, -0.05) is 24.3 Å². The first-order valence-corrected chi connectivity index (χ1v) is 9.68. The molecule has 1 heterocycles. The summed E-state index contributed by atoms with van der Waals surface area (Å²) in [6.45, 7) is 4.02. The first-order valence-electron chi connectivity index (χ1n) is 9.68. The summed E-state index contributed by atoms with van der Waals surface area (Å²) in [4.78, 5) is 21.1. The van der Waals surface area contributed by atoms with Gasteiger partial charge in [-0.15, -0.1) is 0 Å². The number of nitrogen functional groups attached to an aromatic ring is 1. The minimum atomic E-state index is -0.502. The number of hydrogen-bond acceptors (Lipinski definition) is 7. The Hall–Kier alpha value is -3.61. The molecule has 0 unspecified atom stereocenters. The number of methoxy groups -OCH3 is 1. The lowest BCUT2D eigenvalue weighted by molar-refractivity contribution is -0.144. The van der Waals surface area contributed by atoms with Gasteiger partial charge in [-0.05, 0) is 38.1 Å². The van der Waals surface area contributed by atoms with E-state index >= 15 is 0 Å². The molecule has 0 fully saturated rings. The zero-order valence-electron chi connectivity index (χ0n) is 17.3. The Morgan fingerprint density at radius 2 is 1.93 bits per heavy atom. The van der Waals surface area contributed by atoms with E-state index in [-0.39, 0.29) is 12.6 Å². The third-order valence-corrected chi connectivity index (χ3v) is 4.61. The Kier molecular flexibility index (Phi) is 6.85. The summed E-state index contributed by atoms with van der Waals surface area (Å²) in [5, 5.41) is 0. The maximum atomic E-state index is 12.2. The van der Waals surface area contributed by atoms with Crippen LogP contribution < -0.4 is 15.2 Å². The molecule has 3 aromatic rings. The van der Waals surface area contributed by atoms with Crippen LogP contribution >= 0.6 is 0 Å². The summed E-state index contributed by atoms with van der Waals surface area (Å²) in [6.07, 6.45) is 1.67. The molecule has 0 spiro atoms. The van der Waals surface area contributed by atoms with E-state index in [0.717, 1.165) is 5.56 Å². The molecule has 1 atom stereocenters. The van der Waals surface area contributed by atoms with Crippen molar-refractivity contribution in [2.75, 3.05) is 19.5 Å². The highest BCUT2D eigenvalue weighted by atomic mass is 16.5. The third-order valence-electron chi connectivity index (χ3n) is 4.61. The highest BCUT2D eigenvalue weighted by Gasteiger charge is 2.22. The number of rotatable bonds is 8. The van der Waals surface area contributed by atoms with E-state index in [4.69, 9.17) is 19.9 Å². The minimum Gasteiger partial charge on any atom is -0.496 e. The van der Waals surface area contributed by atoms with Crippen molar-refractivity contribution in [2.24, 2.45) is 0 Å². The fraction of sp³-hybridized carbons (Fsp3) is 0.261. The van der Waals surface area contributed by atoms with Crippen molar-refractivity contribution < 1.29 is 19.0 Å². The topological polar surface area (TPSA) is 96.6 Å². The standard InChI is InChI=1S/C23H25N3O4/c1-4-29-23(27)15(2)17-9-7-10-19(24)21(17)30-14-16-12-13-25-22(26-16)18-8-5-6-11-20(18)28-3/h5-13,15H,4,14,24H2,1-3H3/t15-/m1/s1. The van der Waals surface area contributed by atoms with Crippen LogP contribution in [0.1, 0.15) is 31.0 Å². The van der Waals surface area contributed by atoms with Crippen molar-refractivity contribution in [1.29, 1.82) is 0 Å². The number of esters is 1. The Balaban J connectivity index is 1.84. The zero-order valence-corrected chi connectivity index (χ0v) is 17.3. The quantitative estimate of drug-likeness (QED) is 0.446. The molecule has 0 aliphatic heterocycles. The van der Waals surface area contributed by atoms with E-state index in [9.17, 15) is 4.79 Å². The lowest BCUT2D eigenvalue weighted by Crippen LogP contribution is -2.15. The van der Waals surface area contributed by atoms with Crippen LogP contribution in [0.25, 0.3) is 11.4 Å². The lowest BCUT2D eigenvalue weighted by atomic mass is 9.99. The van der Waals surface area contributed by atoms with Gasteiger partial charge in [0.25, 0.3) is 0 Å². The number of benzene rings is 2. The molecule has 156 valence electrons. The molecule has 7 nitrogen and oxygen atoms in total. The minimum absolute atomic E-state index is 0.168. The second-order valence-corrected chi connectivity index (χ2v) is 6.60. The number of anilines is 1. The smallest absolute Gasteiger partial charge is 0.313 e. The van der Waals surface area contributed by atoms with Crippen molar-refractivity contribution in [3.05, 3.63) is 66.0 Å². The predicted molar refractivity (Wildman–Crippen MR) is 114 cm³/mol. The Bertz CT molecular complexity index is 1020. The number of nitrogens with zero attached hydrogens (tertiary/aromatic N) is 2. The van der Waals surface area contributed by atoms with Crippen molar-refractivity contribution in [3.63, 3.8) is 0 Å². The second kappa shape index (κ2) is 9.73. The van der Waals surface area contributed by atoms with Crippen LogP contribution in [0.15, 0.2) is 54.7 Å². The van der Waals surface area contributed by atoms with E-state index in [1.54, 1.807) is 45.4 Å². The summed E-state index contributed by atoms with van der Waals surface area (Å²) >= 11 is 0. The molecule has 0 aliphatic rings. The van der Waals surface area contributed by atoms with E-state index < -0.39 is 5.92 Å². The number of para-hydroxylation sites is 2. The molecule has 7 heteroatoms. The SMILES string of the molecule is CCOC(=O)[C@H](C)c1cccc(N)c1OCc1ccnc(-c2ccccc2OC)n1. The maximum Gasteiger partial charge on any atom is 0.313 e. The van der Waals surface area contributed by atoms with Crippen molar-refractivity contribution in [3.8, 4) is 22.9 Å². The average Bonchev–Trinajstić information content (AvgIpc) is 2.78. The number of carbonyl (C=O) groups excluding carboxylic acids is 1. The molecule has 1 aromatic heterocycles. The van der Waals surface area contributed by atoms with Gasteiger partial charge >= 0.3 is 5.97 Å². The summed E-state index contributed by atoms with van der Waals surface area (Å²) in [7, 11) is 1.61. The Labute approximate surface area is 175 Å². The van der Waals surface area contributed by atoms with Gasteiger partial charge < -0.3 is 19.9 Å². The van der Waals surface area contributed by atoms with Gasteiger partial charge in [0.05, 0.1) is 36.6 Å². The van der Waals surface area contributed by atoms with E-state index in [0.29, 0.717) is 40.9 Å². The molecule has 0 amide bonds. The van der Waals surface area contributed by atoms with Gasteiger partial charge in [-0.25, -0.2) is 9.97 Å². The molecule has 0 bridgehead atoms. The van der Waals surface area contributed by atoms with Crippen molar-refractivity contribution in [1.82, 2.24) is 9.97 Å². The van der Waals surface area contributed by atoms with Crippen LogP contribution in [-0.2, 0) is 16.1 Å². The van der Waals surface area contributed by atoms with E-state index in [1.807, 2.05) is 30.3 Å². The number of carbonyl (C=O) groups is 1. The second-order valence-electron chi connectivity index (χ2n) is 6.60. The normalized spacial score (nSPS) is 11.6. The molecular weight excluding hydrogens is 382 g/mol. The van der Waals surface area contributed by atoms with Crippen LogP contribution in [0.5, 0.6) is 11.5 Å². The van der Waals surface area contributed by atoms with Gasteiger partial charge in [-0.2, -0.15) is 0 Å². The van der Waals surface area contributed by atoms with Gasteiger partial charge in [0.2, 0.25) is 0 Å². The molecule has 3 rings (SSSR count). The van der Waals surface area contributed by atoms with Gasteiger partial charge in [0.1, 0.15) is 18.1 Å². The summed E-state index contributed by atoms with van der Waals surface area (Å²) in [5.74, 6) is 0.852. The van der Waals surface area contributed by atoms with Crippen molar-refractivity contribution in [2.45, 2.75) is 26.4 Å². The number of nitrogens with two attached hydrogens (primary N) is 1. The zero-order chi connectivity index (χ0) is 21.5. The highest BCUT2D eigenvalue weighted by Crippen LogP contribution is 2.33. The van der Waals surface area contributed by atoms with Gasteiger partial charge in [0.15, 0.2) is 5.82 Å². The molecule has 30 heavy (non-hydrogen) atoms. The van der Waals surface area contributed by atoms with Crippen LogP contribution in [0, 0.1) is 0 Å². The van der Waals surface area contributed by atoms with Crippen LogP contribution in [0.4, 0.5) is 5.69 Å². The van der Waals surface area contributed by atoms with E-state index in [2.05, 4.69) is 9.97 Å². The molecule has 2 aromatic carbocycles. The van der Waals surface area contributed by atoms with Crippen LogP contribution in [0.3, 0.4) is 0 Å². The molecule has 0 saturated carbocycles. The molecule has 0 radical (unpaired) electrons. The molecular formula is C23H25N3O4. The Morgan fingerprint density at radius 1 is 1.13 bits per heavy atom. The van der Waals surface area contributed by atoms with E-state index in [1.165, 1.54) is 0 Å². The van der Waals surface area contributed by atoms with Gasteiger partial charge in [0, 0.05) is 11.8 Å². The largest absolute Gasteiger partial charge is 0.496 e. The fourth-order valence-electron chi connectivity index (χ4n) is 3.06. The Morgan fingerprint density at radius 3 is 2.70 bits per heavy atom. The monoisotopic (exact) mass is 407 g/mol. The number of hydrogen-bond donors (Lipinski definition) is 1. The molecule has 0 saturated heterocycles. The first-order chi connectivity index (χ1) is 14.5. The average molecular weight is 407 g/mol. The third kappa shape index (κ3) is 4.68. The first kappa shape index (κ1) is 21.1. The molecule has 0 aliphatic carbocycles. The summed E-state index contributed by atoms with van der Waals surface area (Å²) in [5.41, 5.74) is 8.71. The lowest BCUT2D eigenvalue weighted by Gasteiger charge is -2.17. The van der Waals surface area contributed by atoms with Crippen LogP contribution in [0.2, 0.25) is 0 Å². The number of aromatic nitrogens is 2. The predicted octanol–water partition coefficient (Wildman–Crippen LogP) is 3.98. The number of ether oxygens (including phenoxy) is 3. The van der Waals surface area contributed by atoms with Crippen LogP contribution in [-0.4, -0.2) is 29.7 Å². The maximum absolute atomic E-state index is 12.2. The van der Waals surface area contributed by atoms with Crippen molar-refractivity contribution >= 4 is 11.7 Å². The summed E-state index contributed by atoms with van der Waals surface area (Å²) in [6, 6.07) is 14.6. The highest BCUT2D eigenvalue weighted by molar-refractivity contribution is 5.80. The fourth-order valence-corrected chi connectivity index (χ4v) is 3.06.